The van der Waals surface area contributed by atoms with Crippen molar-refractivity contribution in [2.45, 2.75) is 24.4 Å². The molecule has 0 spiro atoms. The summed E-state index contributed by atoms with van der Waals surface area (Å²) in [4.78, 5) is 57.7. The molecule has 0 aromatic carbocycles. The van der Waals surface area contributed by atoms with Crippen molar-refractivity contribution in [1.29, 1.82) is 0 Å². The number of nitrogens with two attached hydrogens (primary N) is 1. The standard InChI is InChI=1S/C8H19N3O9P2/c1-5(7(13)14)11-6(12)4-10-3-2-8(9,21(15,16)17)22(18,19)20/h5,10H,2-4,9H2,1H3,(H,11,12)(H,13,14)(H2,15,16,17)(H2,18,19,20). The summed E-state index contributed by atoms with van der Waals surface area (Å²) in [6.07, 6.45) is -0.802. The minimum absolute atomic E-state index is 0.387. The van der Waals surface area contributed by atoms with Gasteiger partial charge in [0.2, 0.25) is 10.9 Å². The van der Waals surface area contributed by atoms with Crippen molar-refractivity contribution in [3.05, 3.63) is 0 Å². The van der Waals surface area contributed by atoms with Crippen LogP contribution < -0.4 is 16.4 Å². The molecule has 0 rings (SSSR count). The van der Waals surface area contributed by atoms with E-state index in [1.54, 1.807) is 0 Å². The molecule has 0 saturated heterocycles. The Morgan fingerprint density at radius 3 is 2.00 bits per heavy atom. The molecular formula is C8H19N3O9P2. The van der Waals surface area contributed by atoms with Crippen LogP contribution in [-0.2, 0) is 18.7 Å². The molecule has 0 radical (unpaired) electrons. The fourth-order valence-electron chi connectivity index (χ4n) is 1.29. The summed E-state index contributed by atoms with van der Waals surface area (Å²) in [5.41, 5.74) is 5.14. The van der Waals surface area contributed by atoms with E-state index in [1.807, 2.05) is 0 Å². The summed E-state index contributed by atoms with van der Waals surface area (Å²) >= 11 is 0. The Morgan fingerprint density at radius 1 is 1.18 bits per heavy atom. The first-order chi connectivity index (χ1) is 9.72. The first kappa shape index (κ1) is 21.2. The molecule has 0 aromatic heterocycles. The van der Waals surface area contributed by atoms with E-state index in [9.17, 15) is 18.7 Å². The number of carboxylic acids is 1. The quantitative estimate of drug-likeness (QED) is 0.158. The molecule has 0 aliphatic heterocycles. The average Bonchev–Trinajstić information content (AvgIpc) is 2.31. The van der Waals surface area contributed by atoms with Crippen LogP contribution in [0.1, 0.15) is 13.3 Å². The SMILES string of the molecule is CC(NC(=O)CNCCC(N)(P(=O)(O)O)P(=O)(O)O)C(=O)O. The van der Waals surface area contributed by atoms with Crippen molar-refractivity contribution in [3.63, 3.8) is 0 Å². The highest BCUT2D eigenvalue weighted by Gasteiger charge is 2.56. The summed E-state index contributed by atoms with van der Waals surface area (Å²) in [5.74, 6) is -1.97. The molecule has 1 atom stereocenters. The van der Waals surface area contributed by atoms with Crippen molar-refractivity contribution in [1.82, 2.24) is 10.6 Å². The van der Waals surface area contributed by atoms with E-state index in [1.165, 1.54) is 6.92 Å². The molecule has 14 heteroatoms. The normalized spacial score (nSPS) is 14.5. The molecule has 0 bridgehead atoms. The van der Waals surface area contributed by atoms with Gasteiger partial charge in [0, 0.05) is 6.42 Å². The Balaban J connectivity index is 4.51. The number of hydrogen-bond acceptors (Lipinski definition) is 6. The van der Waals surface area contributed by atoms with Gasteiger partial charge in [-0.2, -0.15) is 0 Å². The molecule has 0 aliphatic rings. The van der Waals surface area contributed by atoms with Crippen molar-refractivity contribution < 1.29 is 43.4 Å². The number of hydrogen-bond donors (Lipinski definition) is 8. The molecule has 0 fully saturated rings. The van der Waals surface area contributed by atoms with E-state index < -0.39 is 51.1 Å². The van der Waals surface area contributed by atoms with Gasteiger partial charge >= 0.3 is 21.2 Å². The highest BCUT2D eigenvalue weighted by Crippen LogP contribution is 2.67. The van der Waals surface area contributed by atoms with Gasteiger partial charge in [-0.3, -0.25) is 18.7 Å². The number of nitrogens with one attached hydrogen (secondary N) is 2. The van der Waals surface area contributed by atoms with Crippen LogP contribution in [0.3, 0.4) is 0 Å². The third-order valence-electron chi connectivity index (χ3n) is 2.71. The molecule has 9 N–H and O–H groups in total. The Morgan fingerprint density at radius 2 is 1.64 bits per heavy atom. The average molecular weight is 363 g/mol. The highest BCUT2D eigenvalue weighted by molar-refractivity contribution is 7.72. The second kappa shape index (κ2) is 7.62. The van der Waals surface area contributed by atoms with E-state index in [2.05, 4.69) is 10.6 Å². The van der Waals surface area contributed by atoms with E-state index >= 15 is 0 Å². The Labute approximate surface area is 125 Å². The maximum atomic E-state index is 11.3. The maximum absolute atomic E-state index is 11.3. The van der Waals surface area contributed by atoms with Crippen LogP contribution in [0.2, 0.25) is 0 Å². The third-order valence-corrected chi connectivity index (χ3v) is 6.74. The maximum Gasteiger partial charge on any atom is 0.357 e. The first-order valence-electron chi connectivity index (χ1n) is 5.85. The van der Waals surface area contributed by atoms with Gasteiger partial charge in [0.15, 0.2) is 0 Å². The summed E-state index contributed by atoms with van der Waals surface area (Å²) < 4.78 is 22.3. The smallest absolute Gasteiger partial charge is 0.357 e. The van der Waals surface area contributed by atoms with Gasteiger partial charge < -0.3 is 41.0 Å². The second-order valence-corrected chi connectivity index (χ2v) is 8.65. The number of rotatable bonds is 9. The van der Waals surface area contributed by atoms with Gasteiger partial charge in [-0.25, -0.2) is 0 Å². The Bertz CT molecular complexity index is 491. The van der Waals surface area contributed by atoms with Gasteiger partial charge in [-0.1, -0.05) is 0 Å². The lowest BCUT2D eigenvalue weighted by Crippen LogP contribution is -2.45. The van der Waals surface area contributed by atoms with Crippen LogP contribution in [0.5, 0.6) is 0 Å². The lowest BCUT2D eigenvalue weighted by atomic mass is 10.3. The minimum Gasteiger partial charge on any atom is -0.480 e. The number of aliphatic carboxylic acids is 1. The van der Waals surface area contributed by atoms with Gasteiger partial charge in [-0.05, 0) is 13.5 Å². The topological polar surface area (TPSA) is 220 Å². The zero-order chi connectivity index (χ0) is 17.8. The fraction of sp³-hybridized carbons (Fsp3) is 0.750. The van der Waals surface area contributed by atoms with E-state index in [4.69, 9.17) is 30.4 Å². The predicted molar refractivity (Wildman–Crippen MR) is 73.7 cm³/mol. The molecule has 0 saturated carbocycles. The largest absolute Gasteiger partial charge is 0.480 e. The molecule has 0 aliphatic carbocycles. The zero-order valence-electron chi connectivity index (χ0n) is 11.5. The van der Waals surface area contributed by atoms with Crippen LogP contribution in [-0.4, -0.2) is 60.7 Å². The van der Waals surface area contributed by atoms with Gasteiger partial charge in [0.05, 0.1) is 6.54 Å². The van der Waals surface area contributed by atoms with E-state index in [0.717, 1.165) is 0 Å². The van der Waals surface area contributed by atoms with E-state index in [0.29, 0.717) is 0 Å². The highest BCUT2D eigenvalue weighted by atomic mass is 31.2. The summed E-state index contributed by atoms with van der Waals surface area (Å²) in [5, 5.41) is 9.96. The van der Waals surface area contributed by atoms with Crippen LogP contribution in [0.25, 0.3) is 0 Å². The number of carbonyl (C=O) groups is 2. The van der Waals surface area contributed by atoms with Crippen molar-refractivity contribution in [3.8, 4) is 0 Å². The Kier molecular flexibility index (Phi) is 7.33. The molecule has 0 aromatic rings. The Hall–Kier alpha value is -0.840. The fourth-order valence-corrected chi connectivity index (χ4v) is 3.45. The van der Waals surface area contributed by atoms with Gasteiger partial charge in [0.25, 0.3) is 0 Å². The van der Waals surface area contributed by atoms with Crippen molar-refractivity contribution in [2.75, 3.05) is 13.1 Å². The summed E-state index contributed by atoms with van der Waals surface area (Å²) in [6, 6.07) is -1.13. The molecule has 12 nitrogen and oxygen atoms in total. The molecule has 22 heavy (non-hydrogen) atoms. The predicted octanol–water partition coefficient (Wildman–Crippen LogP) is -2.48. The molecule has 1 amide bonds. The first-order valence-corrected chi connectivity index (χ1v) is 9.08. The van der Waals surface area contributed by atoms with Crippen LogP contribution in [0.4, 0.5) is 0 Å². The van der Waals surface area contributed by atoms with Crippen LogP contribution in [0.15, 0.2) is 0 Å². The van der Waals surface area contributed by atoms with Crippen molar-refractivity contribution >= 4 is 27.1 Å². The number of carbonyl (C=O) groups excluding carboxylic acids is 1. The third kappa shape index (κ3) is 5.75. The van der Waals surface area contributed by atoms with E-state index in [-0.39, 0.29) is 6.54 Å². The monoisotopic (exact) mass is 363 g/mol. The lowest BCUT2D eigenvalue weighted by molar-refractivity contribution is -0.141. The summed E-state index contributed by atoms with van der Waals surface area (Å²) in [6.45, 7) is 0.421. The molecule has 130 valence electrons. The molecular weight excluding hydrogens is 344 g/mol. The van der Waals surface area contributed by atoms with Gasteiger partial charge in [-0.15, -0.1) is 0 Å². The van der Waals surface area contributed by atoms with Gasteiger partial charge in [0.1, 0.15) is 6.04 Å². The second-order valence-electron chi connectivity index (χ2n) is 4.52. The van der Waals surface area contributed by atoms with Crippen LogP contribution in [0, 0.1) is 0 Å². The minimum atomic E-state index is -5.31. The number of carboxylic acid groups (broad SMARTS) is 1. The molecule has 1 unspecified atom stereocenters. The number of amides is 1. The van der Waals surface area contributed by atoms with Crippen LogP contribution >= 0.6 is 15.2 Å². The van der Waals surface area contributed by atoms with Crippen molar-refractivity contribution in [2.24, 2.45) is 5.73 Å². The summed E-state index contributed by atoms with van der Waals surface area (Å²) in [7, 11) is -10.6. The zero-order valence-corrected chi connectivity index (χ0v) is 13.3. The molecule has 0 heterocycles. The lowest BCUT2D eigenvalue weighted by Gasteiger charge is -2.30.